The smallest absolute Gasteiger partial charge is 0.184 e. The Morgan fingerprint density at radius 3 is 2.05 bits per heavy atom. The highest BCUT2D eigenvalue weighted by molar-refractivity contribution is 6.36. The normalized spacial score (nSPS) is 24.8. The predicted molar refractivity (Wildman–Crippen MR) is 176 cm³/mol. The molecule has 6 heteroatoms. The summed E-state index contributed by atoms with van der Waals surface area (Å²) in [7, 11) is 0. The fraction of sp³-hybridized carbons (Fsp3) is 0.500. The summed E-state index contributed by atoms with van der Waals surface area (Å²) in [6.07, 6.45) is 7.66. The second-order valence-corrected chi connectivity index (χ2v) is 14.2. The number of phenolic OH excluding ortho intramolecular Hbond substituents is 2. The van der Waals surface area contributed by atoms with Crippen LogP contribution in [0.3, 0.4) is 0 Å². The van der Waals surface area contributed by atoms with Gasteiger partial charge in [-0.05, 0) is 116 Å². The summed E-state index contributed by atoms with van der Waals surface area (Å²) in [6.45, 7) is 21.5. The van der Waals surface area contributed by atoms with Crippen molar-refractivity contribution in [2.75, 3.05) is 0 Å². The number of Topliss-reactive ketones (excluding diaryl/α,β-unsaturated/α-hetero) is 3. The molecule has 2 aliphatic rings. The number of carbonyl (C=O) groups is 3. The van der Waals surface area contributed by atoms with E-state index >= 15 is 4.79 Å². The van der Waals surface area contributed by atoms with E-state index in [9.17, 15) is 24.9 Å². The van der Waals surface area contributed by atoms with E-state index in [0.717, 1.165) is 28.4 Å². The number of carbonyl (C=O) groups excluding carboxylic acids is 3. The van der Waals surface area contributed by atoms with Crippen molar-refractivity contribution in [3.63, 3.8) is 0 Å². The molecule has 1 aromatic rings. The molecule has 0 radical (unpaired) electrons. The summed E-state index contributed by atoms with van der Waals surface area (Å²) in [5.74, 6) is -3.68. The van der Waals surface area contributed by atoms with Crippen molar-refractivity contribution < 1.29 is 29.7 Å². The minimum atomic E-state index is -2.16. The van der Waals surface area contributed by atoms with E-state index in [1.807, 2.05) is 68.4 Å². The van der Waals surface area contributed by atoms with Crippen molar-refractivity contribution in [1.29, 1.82) is 0 Å². The van der Waals surface area contributed by atoms with E-state index in [1.54, 1.807) is 0 Å². The van der Waals surface area contributed by atoms with Crippen LogP contribution in [0.2, 0.25) is 0 Å². The van der Waals surface area contributed by atoms with E-state index in [-0.39, 0.29) is 48.0 Å². The molecular formula is C38H50O6. The first-order chi connectivity index (χ1) is 20.3. The summed E-state index contributed by atoms with van der Waals surface area (Å²) >= 11 is 0. The van der Waals surface area contributed by atoms with Crippen LogP contribution in [-0.2, 0) is 9.59 Å². The van der Waals surface area contributed by atoms with Crippen LogP contribution in [0.1, 0.15) is 105 Å². The molecular weight excluding hydrogens is 552 g/mol. The van der Waals surface area contributed by atoms with Crippen LogP contribution in [0.4, 0.5) is 0 Å². The quantitative estimate of drug-likeness (QED) is 0.101. The van der Waals surface area contributed by atoms with Gasteiger partial charge in [0.05, 0.1) is 5.41 Å². The zero-order valence-electron chi connectivity index (χ0n) is 27.9. The van der Waals surface area contributed by atoms with E-state index < -0.39 is 45.1 Å². The highest BCUT2D eigenvalue weighted by atomic mass is 16.3. The number of hydrogen-bond acceptors (Lipinski definition) is 6. The number of rotatable bonds is 11. The molecule has 3 rings (SSSR count). The molecule has 3 N–H and O–H groups in total. The topological polar surface area (TPSA) is 112 Å². The number of hydrogen-bond donors (Lipinski definition) is 3. The van der Waals surface area contributed by atoms with E-state index in [2.05, 4.69) is 18.7 Å². The van der Waals surface area contributed by atoms with Crippen LogP contribution in [-0.4, -0.2) is 32.7 Å². The fourth-order valence-corrected chi connectivity index (χ4v) is 7.11. The molecule has 0 amide bonds. The molecule has 2 aliphatic carbocycles. The standard InChI is InChI=1S/C38H50O6/c1-22(2)11-14-27(25(7)8)20-37-21-28(16-12-23(3)4)36(9,10)38(35(37)44,32(41)26-15-18-30(39)31(40)19-26)34(43)29(33(37)42)17-13-24(5)6/h11-13,15,18-19,27-28,39-40,42H,7,14,16-17,20-21H2,1-6,8-10H3. The van der Waals surface area contributed by atoms with Crippen molar-refractivity contribution >= 4 is 17.3 Å². The van der Waals surface area contributed by atoms with E-state index in [1.165, 1.54) is 12.1 Å². The fourth-order valence-electron chi connectivity index (χ4n) is 7.11. The minimum absolute atomic E-state index is 0.0456. The van der Waals surface area contributed by atoms with Gasteiger partial charge in [-0.1, -0.05) is 60.9 Å². The Morgan fingerprint density at radius 2 is 1.52 bits per heavy atom. The SMILES string of the molecule is C=C(C)C(CC=C(C)C)CC12CC(CC=C(C)C)C(C)(C)C(C(=O)c3ccc(O)c(O)c3)(C(=O)C(CC=C(C)C)=C1O)C2=O. The first kappa shape index (κ1) is 34.8. The first-order valence-corrected chi connectivity index (χ1v) is 15.5. The Labute approximate surface area is 263 Å². The van der Waals surface area contributed by atoms with Gasteiger partial charge >= 0.3 is 0 Å². The van der Waals surface area contributed by atoms with Gasteiger partial charge in [0.2, 0.25) is 0 Å². The number of fused-ring (bicyclic) bond motifs is 2. The summed E-state index contributed by atoms with van der Waals surface area (Å²) < 4.78 is 0. The monoisotopic (exact) mass is 602 g/mol. The molecule has 6 nitrogen and oxygen atoms in total. The summed E-state index contributed by atoms with van der Waals surface area (Å²) in [6, 6.07) is 3.64. The molecule has 1 saturated carbocycles. The van der Waals surface area contributed by atoms with Crippen molar-refractivity contribution in [2.45, 2.75) is 94.4 Å². The molecule has 0 heterocycles. The number of allylic oxidation sites excluding steroid dienone is 9. The zero-order chi connectivity index (χ0) is 33.4. The lowest BCUT2D eigenvalue weighted by molar-refractivity contribution is -0.166. The summed E-state index contributed by atoms with van der Waals surface area (Å²) in [5, 5.41) is 32.5. The highest BCUT2D eigenvalue weighted by Crippen LogP contribution is 2.66. The lowest BCUT2D eigenvalue weighted by atomic mass is 9.39. The van der Waals surface area contributed by atoms with Gasteiger partial charge in [0, 0.05) is 11.1 Å². The molecule has 0 aromatic heterocycles. The summed E-state index contributed by atoms with van der Waals surface area (Å²) in [5.41, 5.74) is -0.811. The molecule has 4 atom stereocenters. The number of phenols is 2. The summed E-state index contributed by atoms with van der Waals surface area (Å²) in [4.78, 5) is 45.1. The Hall–Kier alpha value is -3.67. The molecule has 2 bridgehead atoms. The Morgan fingerprint density at radius 1 is 0.932 bits per heavy atom. The lowest BCUT2D eigenvalue weighted by Gasteiger charge is -2.60. The maximum atomic E-state index is 15.3. The second kappa shape index (κ2) is 12.7. The Bertz CT molecular complexity index is 1490. The maximum absolute atomic E-state index is 15.3. The van der Waals surface area contributed by atoms with Gasteiger partial charge in [0.25, 0.3) is 0 Å². The Kier molecular flexibility index (Phi) is 10.1. The van der Waals surface area contributed by atoms with Crippen LogP contribution in [0.15, 0.2) is 76.6 Å². The zero-order valence-corrected chi connectivity index (χ0v) is 27.9. The molecule has 0 saturated heterocycles. The van der Waals surface area contributed by atoms with Crippen molar-refractivity contribution in [1.82, 2.24) is 0 Å². The molecule has 44 heavy (non-hydrogen) atoms. The minimum Gasteiger partial charge on any atom is -0.511 e. The molecule has 0 aliphatic heterocycles. The van der Waals surface area contributed by atoms with E-state index in [4.69, 9.17) is 0 Å². The number of benzene rings is 1. The van der Waals surface area contributed by atoms with Crippen LogP contribution in [0.25, 0.3) is 0 Å². The van der Waals surface area contributed by atoms with Gasteiger partial charge in [0.15, 0.2) is 34.3 Å². The van der Waals surface area contributed by atoms with Crippen molar-refractivity contribution in [2.24, 2.45) is 28.1 Å². The van der Waals surface area contributed by atoms with Crippen molar-refractivity contribution in [3.05, 3.63) is 82.2 Å². The van der Waals surface area contributed by atoms with Gasteiger partial charge in [-0.2, -0.15) is 0 Å². The van der Waals surface area contributed by atoms with Crippen LogP contribution in [0.5, 0.6) is 11.5 Å². The molecule has 238 valence electrons. The Balaban J connectivity index is 2.48. The number of aliphatic hydroxyl groups excluding tert-OH is 1. The van der Waals surface area contributed by atoms with Gasteiger partial charge in [-0.15, -0.1) is 0 Å². The van der Waals surface area contributed by atoms with E-state index in [0.29, 0.717) is 12.8 Å². The third-order valence-electron chi connectivity index (χ3n) is 9.92. The number of aromatic hydroxyl groups is 2. The van der Waals surface area contributed by atoms with Gasteiger partial charge in [0.1, 0.15) is 5.76 Å². The first-order valence-electron chi connectivity index (χ1n) is 15.5. The average Bonchev–Trinajstić information content (AvgIpc) is 2.91. The van der Waals surface area contributed by atoms with Crippen LogP contribution in [0, 0.1) is 28.1 Å². The molecule has 4 unspecified atom stereocenters. The predicted octanol–water partition coefficient (Wildman–Crippen LogP) is 8.91. The largest absolute Gasteiger partial charge is 0.511 e. The third-order valence-corrected chi connectivity index (χ3v) is 9.92. The van der Waals surface area contributed by atoms with Gasteiger partial charge in [-0.3, -0.25) is 14.4 Å². The molecule has 0 spiro atoms. The van der Waals surface area contributed by atoms with Crippen LogP contribution < -0.4 is 0 Å². The van der Waals surface area contributed by atoms with Crippen molar-refractivity contribution in [3.8, 4) is 11.5 Å². The number of aliphatic hydroxyl groups is 1. The average molecular weight is 603 g/mol. The lowest BCUT2D eigenvalue weighted by Crippen LogP contribution is -2.70. The van der Waals surface area contributed by atoms with Crippen LogP contribution >= 0.6 is 0 Å². The molecule has 1 aromatic carbocycles. The third kappa shape index (κ3) is 5.88. The number of ketones is 3. The van der Waals surface area contributed by atoms with Gasteiger partial charge < -0.3 is 15.3 Å². The van der Waals surface area contributed by atoms with Gasteiger partial charge in [-0.25, -0.2) is 0 Å². The molecule has 1 fully saturated rings. The maximum Gasteiger partial charge on any atom is 0.184 e. The second-order valence-electron chi connectivity index (χ2n) is 14.2. The highest BCUT2D eigenvalue weighted by Gasteiger charge is 2.75.